The number of fused-ring (bicyclic) bond motifs is 5. The number of Topliss-reactive ketones (excluding diaryl/α,β-unsaturated/α-hetero) is 2. The van der Waals surface area contributed by atoms with Crippen LogP contribution in [-0.4, -0.2) is 69.2 Å². The summed E-state index contributed by atoms with van der Waals surface area (Å²) in [5.74, 6) is -3.19. The van der Waals surface area contributed by atoms with Gasteiger partial charge in [0.25, 0.3) is 0 Å². The second-order valence-electron chi connectivity index (χ2n) is 17.0. The van der Waals surface area contributed by atoms with Crippen LogP contribution in [0.25, 0.3) is 0 Å². The number of aliphatic hydroxyl groups excluding tert-OH is 1. The fraction of sp³-hybridized carbons (Fsp3) is 0.816. The second-order valence-corrected chi connectivity index (χ2v) is 17.0. The first-order chi connectivity index (χ1) is 21.9. The Morgan fingerprint density at radius 1 is 0.958 bits per heavy atom. The molecule has 0 spiro atoms. The Morgan fingerprint density at radius 2 is 1.54 bits per heavy atom. The van der Waals surface area contributed by atoms with Crippen LogP contribution in [0, 0.1) is 39.4 Å². The molecule has 4 aliphatic carbocycles. The molecule has 0 amide bonds. The molecule has 4 rings (SSSR count). The quantitative estimate of drug-likeness (QED) is 0.174. The third-order valence-corrected chi connectivity index (χ3v) is 13.2. The molecule has 0 bridgehead atoms. The zero-order valence-electron chi connectivity index (χ0n) is 30.9. The minimum absolute atomic E-state index is 0.0122. The monoisotopic (exact) mass is 674 g/mol. The summed E-state index contributed by atoms with van der Waals surface area (Å²) in [6.07, 6.45) is 1.32. The molecule has 0 heterocycles. The molecule has 3 saturated carbocycles. The van der Waals surface area contributed by atoms with E-state index in [4.69, 9.17) is 14.2 Å². The third kappa shape index (κ3) is 5.96. The highest BCUT2D eigenvalue weighted by atomic mass is 16.6. The van der Waals surface area contributed by atoms with Gasteiger partial charge in [-0.1, -0.05) is 60.1 Å². The van der Waals surface area contributed by atoms with Crippen LogP contribution in [0.1, 0.15) is 128 Å². The summed E-state index contributed by atoms with van der Waals surface area (Å²) >= 11 is 0. The molecule has 4 aliphatic rings. The number of hydrogen-bond donors (Lipinski definition) is 2. The van der Waals surface area contributed by atoms with E-state index in [1.54, 1.807) is 27.7 Å². The van der Waals surface area contributed by atoms with Crippen molar-refractivity contribution in [2.45, 2.75) is 157 Å². The predicted molar refractivity (Wildman–Crippen MR) is 177 cm³/mol. The third-order valence-electron chi connectivity index (χ3n) is 13.2. The van der Waals surface area contributed by atoms with E-state index in [1.165, 1.54) is 13.8 Å². The van der Waals surface area contributed by atoms with E-state index in [2.05, 4.69) is 13.0 Å². The summed E-state index contributed by atoms with van der Waals surface area (Å²) < 4.78 is 17.3. The molecular weight excluding hydrogens is 616 g/mol. The summed E-state index contributed by atoms with van der Waals surface area (Å²) in [6, 6.07) is 0. The number of carbonyl (C=O) groups is 5. The molecular formula is C38H58O10. The van der Waals surface area contributed by atoms with Gasteiger partial charge < -0.3 is 24.4 Å². The van der Waals surface area contributed by atoms with Gasteiger partial charge in [0.05, 0.1) is 6.10 Å². The van der Waals surface area contributed by atoms with Gasteiger partial charge in [0, 0.05) is 49.4 Å². The second kappa shape index (κ2) is 12.6. The van der Waals surface area contributed by atoms with Crippen LogP contribution < -0.4 is 0 Å². The summed E-state index contributed by atoms with van der Waals surface area (Å²) in [5.41, 5.74) is -5.03. The molecule has 10 atom stereocenters. The molecule has 0 aliphatic heterocycles. The number of ketones is 2. The van der Waals surface area contributed by atoms with E-state index in [9.17, 15) is 34.2 Å². The smallest absolute Gasteiger partial charge is 0.305 e. The molecule has 48 heavy (non-hydrogen) atoms. The fourth-order valence-electron chi connectivity index (χ4n) is 10.6. The van der Waals surface area contributed by atoms with Crippen molar-refractivity contribution in [3.05, 3.63) is 11.6 Å². The molecule has 0 aromatic rings. The van der Waals surface area contributed by atoms with Crippen LogP contribution in [0.5, 0.6) is 0 Å². The van der Waals surface area contributed by atoms with Crippen LogP contribution in [0.2, 0.25) is 0 Å². The van der Waals surface area contributed by atoms with Crippen molar-refractivity contribution in [1.82, 2.24) is 0 Å². The molecule has 0 radical (unpaired) electrons. The standard InChI is InChI=1S/C38H58O10/c1-12-29(43)46-25-18-23-22(34(6,7)32(25)47-30(44)13-2)14-15-26-35(8)19-24(40)31(36(35,9)20-28(42)37(23,26)10)38(11,45)27(41)16-17-33(4,5)48-21(3)39/h14,23-26,31-32,40,45H,12-13,15-20H2,1-11H3/t23-,24-,25+,26+,31?,32-,35+,36-,37+,38+/m1/s1. The van der Waals surface area contributed by atoms with Crippen molar-refractivity contribution in [2.75, 3.05) is 0 Å². The zero-order chi connectivity index (χ0) is 36.4. The lowest BCUT2D eigenvalue weighted by Crippen LogP contribution is -2.66. The molecule has 0 saturated heterocycles. The van der Waals surface area contributed by atoms with Gasteiger partial charge in [-0.05, 0) is 69.1 Å². The molecule has 270 valence electrons. The van der Waals surface area contributed by atoms with Crippen LogP contribution in [0.15, 0.2) is 11.6 Å². The number of rotatable bonds is 10. The minimum Gasteiger partial charge on any atom is -0.460 e. The van der Waals surface area contributed by atoms with Crippen LogP contribution in [0.4, 0.5) is 0 Å². The summed E-state index contributed by atoms with van der Waals surface area (Å²) in [6.45, 7) is 19.6. The van der Waals surface area contributed by atoms with Gasteiger partial charge in [-0.25, -0.2) is 0 Å². The SMILES string of the molecule is CCC(=O)O[C@H]1C[C@@H]2C(=CC[C@@H]3[C@@]2(C)C(=O)C[C@]2(C)C([C@@](C)(O)C(=O)CCC(C)(C)OC(C)=O)[C@H](O)C[C@@]32C)C(C)(C)[C@@H]1OC(=O)CC. The van der Waals surface area contributed by atoms with Gasteiger partial charge in [-0.3, -0.25) is 24.0 Å². The molecule has 1 unspecified atom stereocenters. The maximum absolute atomic E-state index is 14.8. The van der Waals surface area contributed by atoms with Crippen LogP contribution in [-0.2, 0) is 38.2 Å². The highest BCUT2D eigenvalue weighted by Crippen LogP contribution is 2.74. The summed E-state index contributed by atoms with van der Waals surface area (Å²) in [5, 5.41) is 23.7. The van der Waals surface area contributed by atoms with Crippen molar-refractivity contribution in [3.63, 3.8) is 0 Å². The van der Waals surface area contributed by atoms with E-state index in [-0.39, 0.29) is 55.7 Å². The van der Waals surface area contributed by atoms with Crippen molar-refractivity contribution in [1.29, 1.82) is 0 Å². The molecule has 10 nitrogen and oxygen atoms in total. The highest BCUT2D eigenvalue weighted by Gasteiger charge is 2.75. The predicted octanol–water partition coefficient (Wildman–Crippen LogP) is 5.44. The van der Waals surface area contributed by atoms with Crippen molar-refractivity contribution >= 4 is 29.5 Å². The average molecular weight is 675 g/mol. The lowest BCUT2D eigenvalue weighted by Gasteiger charge is -2.65. The van der Waals surface area contributed by atoms with Crippen molar-refractivity contribution in [3.8, 4) is 0 Å². The molecule has 2 N–H and O–H groups in total. The first-order valence-electron chi connectivity index (χ1n) is 17.7. The Balaban J connectivity index is 1.73. The van der Waals surface area contributed by atoms with Gasteiger partial charge in [0.15, 0.2) is 5.78 Å². The Labute approximate surface area is 285 Å². The number of esters is 3. The normalized spacial score (nSPS) is 38.4. The molecule has 0 aromatic heterocycles. The molecule has 10 heteroatoms. The highest BCUT2D eigenvalue weighted by molar-refractivity contribution is 5.90. The average Bonchev–Trinajstić information content (AvgIpc) is 3.17. The topological polar surface area (TPSA) is 154 Å². The van der Waals surface area contributed by atoms with Crippen LogP contribution >= 0.6 is 0 Å². The fourth-order valence-corrected chi connectivity index (χ4v) is 10.6. The Kier molecular flexibility index (Phi) is 10.1. The van der Waals surface area contributed by atoms with Gasteiger partial charge in [0.1, 0.15) is 29.2 Å². The maximum atomic E-state index is 14.8. The minimum atomic E-state index is -1.94. The van der Waals surface area contributed by atoms with E-state index in [0.29, 0.717) is 19.3 Å². The Hall–Kier alpha value is -2.59. The van der Waals surface area contributed by atoms with E-state index >= 15 is 0 Å². The van der Waals surface area contributed by atoms with Crippen molar-refractivity contribution < 1.29 is 48.4 Å². The van der Waals surface area contributed by atoms with Crippen LogP contribution in [0.3, 0.4) is 0 Å². The number of ether oxygens (including phenoxy) is 3. The van der Waals surface area contributed by atoms with E-state index in [1.807, 2.05) is 27.7 Å². The van der Waals surface area contributed by atoms with E-state index in [0.717, 1.165) is 5.57 Å². The number of hydrogen-bond acceptors (Lipinski definition) is 10. The number of allylic oxidation sites excluding steroid dienone is 1. The Bertz CT molecular complexity index is 1370. The molecule has 0 aromatic carbocycles. The number of aliphatic hydroxyl groups is 2. The maximum Gasteiger partial charge on any atom is 0.305 e. The van der Waals surface area contributed by atoms with Gasteiger partial charge >= 0.3 is 17.9 Å². The first kappa shape index (κ1) is 38.2. The zero-order valence-corrected chi connectivity index (χ0v) is 30.9. The van der Waals surface area contributed by atoms with Gasteiger partial charge in [-0.15, -0.1) is 0 Å². The number of carbonyl (C=O) groups excluding carboxylic acids is 5. The Morgan fingerprint density at radius 3 is 2.10 bits per heavy atom. The summed E-state index contributed by atoms with van der Waals surface area (Å²) in [4.78, 5) is 65.3. The van der Waals surface area contributed by atoms with Gasteiger partial charge in [-0.2, -0.15) is 0 Å². The summed E-state index contributed by atoms with van der Waals surface area (Å²) in [7, 11) is 0. The lowest BCUT2D eigenvalue weighted by molar-refractivity contribution is -0.198. The van der Waals surface area contributed by atoms with E-state index < -0.39 is 74.8 Å². The lowest BCUT2D eigenvalue weighted by atomic mass is 9.38. The van der Waals surface area contributed by atoms with Crippen molar-refractivity contribution in [2.24, 2.45) is 39.4 Å². The molecule has 3 fully saturated rings. The first-order valence-corrected chi connectivity index (χ1v) is 17.7. The van der Waals surface area contributed by atoms with Gasteiger partial charge in [0.2, 0.25) is 0 Å². The largest absolute Gasteiger partial charge is 0.460 e.